The third-order valence-electron chi connectivity index (χ3n) is 7.96. The smallest absolute Gasteiger partial charge is 0.310 e. The molecular weight excluding hydrogens is 492 g/mol. The van der Waals surface area contributed by atoms with Crippen molar-refractivity contribution in [2.24, 2.45) is 17.8 Å². The number of aliphatic hydroxyl groups is 1. The molecule has 8 nitrogen and oxygen atoms in total. The van der Waals surface area contributed by atoms with E-state index in [2.05, 4.69) is 20.1 Å². The van der Waals surface area contributed by atoms with Gasteiger partial charge in [0.25, 0.3) is 5.91 Å². The summed E-state index contributed by atoms with van der Waals surface area (Å²) in [6.07, 6.45) is 4.57. The minimum atomic E-state index is -0.842. The number of nitrogens with zero attached hydrogens (tertiary/aromatic N) is 2. The molecule has 3 aliphatic heterocycles. The molecule has 1 spiro atoms. The molecule has 3 fully saturated rings. The Labute approximate surface area is 222 Å². The normalized spacial score (nSPS) is 30.5. The van der Waals surface area contributed by atoms with Gasteiger partial charge >= 0.3 is 5.97 Å². The van der Waals surface area contributed by atoms with E-state index in [1.807, 2.05) is 0 Å². The minimum Gasteiger partial charge on any atom is -0.497 e. The van der Waals surface area contributed by atoms with Gasteiger partial charge in [0, 0.05) is 17.5 Å². The van der Waals surface area contributed by atoms with Crippen molar-refractivity contribution in [3.8, 4) is 5.75 Å². The van der Waals surface area contributed by atoms with Crippen LogP contribution in [0.25, 0.3) is 0 Å². The van der Waals surface area contributed by atoms with Gasteiger partial charge < -0.3 is 24.4 Å². The third-order valence-corrected chi connectivity index (χ3v) is 10.0. The average Bonchev–Trinajstić information content (AvgIpc) is 3.50. The lowest BCUT2D eigenvalue weighted by Crippen LogP contribution is -2.59. The zero-order valence-corrected chi connectivity index (χ0v) is 22.5. The van der Waals surface area contributed by atoms with E-state index in [-0.39, 0.29) is 42.7 Å². The van der Waals surface area contributed by atoms with Gasteiger partial charge in [-0.3, -0.25) is 14.4 Å². The van der Waals surface area contributed by atoms with Crippen molar-refractivity contribution >= 4 is 35.2 Å². The largest absolute Gasteiger partial charge is 0.497 e. The van der Waals surface area contributed by atoms with Gasteiger partial charge in [0.2, 0.25) is 5.91 Å². The molecule has 0 aliphatic carbocycles. The van der Waals surface area contributed by atoms with E-state index in [1.54, 1.807) is 67.1 Å². The Kier molecular flexibility index (Phi) is 8.04. The first-order valence-electron chi connectivity index (χ1n) is 12.7. The van der Waals surface area contributed by atoms with Crippen molar-refractivity contribution in [1.29, 1.82) is 0 Å². The van der Waals surface area contributed by atoms with Crippen LogP contribution in [0.3, 0.4) is 0 Å². The second-order valence-electron chi connectivity index (χ2n) is 10.0. The number of carbonyl (C=O) groups is 3. The lowest BCUT2D eigenvalue weighted by molar-refractivity contribution is -0.154. The number of esters is 1. The molecule has 9 heteroatoms. The molecule has 1 aromatic rings. The number of benzene rings is 1. The van der Waals surface area contributed by atoms with Crippen LogP contribution in [-0.4, -0.2) is 76.7 Å². The molecular formula is C28H36N2O6S. The van der Waals surface area contributed by atoms with E-state index in [0.717, 1.165) is 0 Å². The molecule has 0 radical (unpaired) electrons. The van der Waals surface area contributed by atoms with E-state index in [1.165, 1.54) is 4.90 Å². The fraction of sp³-hybridized carbons (Fsp3) is 0.536. The molecule has 3 heterocycles. The maximum absolute atomic E-state index is 14.5. The van der Waals surface area contributed by atoms with Crippen molar-refractivity contribution < 1.29 is 29.0 Å². The lowest BCUT2D eigenvalue weighted by Gasteiger charge is -2.41. The van der Waals surface area contributed by atoms with Crippen molar-refractivity contribution in [2.45, 2.75) is 48.8 Å². The number of anilines is 1. The summed E-state index contributed by atoms with van der Waals surface area (Å²) in [4.78, 5) is 44.9. The van der Waals surface area contributed by atoms with Crippen LogP contribution in [0.15, 0.2) is 49.6 Å². The maximum Gasteiger partial charge on any atom is 0.310 e. The Bertz CT molecular complexity index is 1060. The number of thioether (sulfide) groups is 1. The van der Waals surface area contributed by atoms with Crippen LogP contribution in [-0.2, 0) is 19.1 Å². The lowest BCUT2D eigenvalue weighted by atomic mass is 9.66. The number of amides is 2. The first kappa shape index (κ1) is 27.3. The highest BCUT2D eigenvalue weighted by atomic mass is 32.2. The predicted molar refractivity (Wildman–Crippen MR) is 143 cm³/mol. The summed E-state index contributed by atoms with van der Waals surface area (Å²) in [7, 11) is 1.58. The predicted octanol–water partition coefficient (Wildman–Crippen LogP) is 3.05. The Morgan fingerprint density at radius 1 is 1.30 bits per heavy atom. The number of aliphatic hydroxyl groups excluding tert-OH is 1. The summed E-state index contributed by atoms with van der Waals surface area (Å²) in [5, 5.41) is 9.99. The fourth-order valence-corrected chi connectivity index (χ4v) is 8.66. The van der Waals surface area contributed by atoms with Crippen LogP contribution in [0.4, 0.5) is 5.69 Å². The summed E-state index contributed by atoms with van der Waals surface area (Å²) in [6.45, 7) is 11.5. The number of carbonyl (C=O) groups excluding carboxylic acids is 3. The minimum absolute atomic E-state index is 0.0139. The number of rotatable bonds is 11. The van der Waals surface area contributed by atoms with Crippen molar-refractivity contribution in [3.05, 3.63) is 49.6 Å². The molecule has 37 heavy (non-hydrogen) atoms. The van der Waals surface area contributed by atoms with Gasteiger partial charge in [-0.25, -0.2) is 0 Å². The molecule has 3 aliphatic rings. The standard InChI is InChI=1S/C28H36N2O6S/c1-6-8-14-36-27(34)22-21-15-17(3)28(37-21)23(22)25(32)30(18(4)16-31)24(28)26(33)29(13-7-2)19-9-11-20(35-5)12-10-19/h6-7,9-12,17-18,21-24,31H,1-2,8,13-16H2,3-5H3/t17?,18-,21+,22-,23+,24?,28?/m1/s1. The van der Waals surface area contributed by atoms with Gasteiger partial charge in [-0.15, -0.1) is 24.9 Å². The van der Waals surface area contributed by atoms with E-state index in [0.29, 0.717) is 24.3 Å². The first-order valence-corrected chi connectivity index (χ1v) is 13.6. The van der Waals surface area contributed by atoms with Crippen LogP contribution in [0, 0.1) is 17.8 Å². The molecule has 3 unspecified atom stereocenters. The van der Waals surface area contributed by atoms with Gasteiger partial charge in [0.15, 0.2) is 0 Å². The molecule has 1 N–H and O–H groups in total. The number of hydrogen-bond acceptors (Lipinski definition) is 7. The van der Waals surface area contributed by atoms with Crippen molar-refractivity contribution in [2.75, 3.05) is 31.8 Å². The Morgan fingerprint density at radius 2 is 2.00 bits per heavy atom. The Hall–Kier alpha value is -2.78. The van der Waals surface area contributed by atoms with E-state index in [9.17, 15) is 19.5 Å². The first-order chi connectivity index (χ1) is 17.8. The second-order valence-corrected chi connectivity index (χ2v) is 11.6. The summed E-state index contributed by atoms with van der Waals surface area (Å²) in [5.41, 5.74) is 0.653. The van der Waals surface area contributed by atoms with Crippen LogP contribution < -0.4 is 9.64 Å². The van der Waals surface area contributed by atoms with Crippen LogP contribution in [0.2, 0.25) is 0 Å². The number of fused-ring (bicyclic) bond motifs is 1. The SMILES string of the molecule is C=CCCOC(=O)[C@@H]1[C@@H]2CC(C)C3(S2)C(C(=O)N(CC=C)c2ccc(OC)cc2)N([C@H](C)CO)C(=O)[C@H]13. The van der Waals surface area contributed by atoms with Crippen molar-refractivity contribution in [1.82, 2.24) is 4.90 Å². The second kappa shape index (κ2) is 10.9. The summed E-state index contributed by atoms with van der Waals surface area (Å²) >= 11 is 1.58. The molecule has 200 valence electrons. The topological polar surface area (TPSA) is 96.4 Å². The third kappa shape index (κ3) is 4.36. The van der Waals surface area contributed by atoms with Crippen molar-refractivity contribution in [3.63, 3.8) is 0 Å². The Morgan fingerprint density at radius 3 is 2.59 bits per heavy atom. The van der Waals surface area contributed by atoms with Gasteiger partial charge in [0.05, 0.1) is 42.9 Å². The fourth-order valence-electron chi connectivity index (χ4n) is 6.27. The maximum atomic E-state index is 14.5. The molecule has 4 rings (SSSR count). The zero-order chi connectivity index (χ0) is 26.9. The highest BCUT2D eigenvalue weighted by Crippen LogP contribution is 2.69. The number of ether oxygens (including phenoxy) is 2. The molecule has 3 saturated heterocycles. The summed E-state index contributed by atoms with van der Waals surface area (Å²) in [6, 6.07) is 5.73. The number of likely N-dealkylation sites (tertiary alicyclic amines) is 1. The highest BCUT2D eigenvalue weighted by molar-refractivity contribution is 8.02. The van der Waals surface area contributed by atoms with Gasteiger partial charge in [-0.1, -0.05) is 19.1 Å². The molecule has 1 aromatic carbocycles. The quantitative estimate of drug-likeness (QED) is 0.268. The van der Waals surface area contributed by atoms with Crippen LogP contribution in [0.1, 0.15) is 26.7 Å². The average molecular weight is 529 g/mol. The van der Waals surface area contributed by atoms with Crippen LogP contribution >= 0.6 is 11.8 Å². The summed E-state index contributed by atoms with van der Waals surface area (Å²) < 4.78 is 10.0. The van der Waals surface area contributed by atoms with E-state index in [4.69, 9.17) is 9.47 Å². The van der Waals surface area contributed by atoms with Gasteiger partial charge in [0.1, 0.15) is 11.8 Å². The van der Waals surface area contributed by atoms with Crippen LogP contribution in [0.5, 0.6) is 5.75 Å². The summed E-state index contributed by atoms with van der Waals surface area (Å²) in [5.74, 6) is -1.54. The van der Waals surface area contributed by atoms with Gasteiger partial charge in [-0.05, 0) is 49.9 Å². The molecule has 0 aromatic heterocycles. The molecule has 7 atom stereocenters. The number of methoxy groups -OCH3 is 1. The Balaban J connectivity index is 1.77. The highest BCUT2D eigenvalue weighted by Gasteiger charge is 2.77. The zero-order valence-electron chi connectivity index (χ0n) is 21.7. The van der Waals surface area contributed by atoms with E-state index < -0.39 is 34.6 Å². The molecule has 2 bridgehead atoms. The monoisotopic (exact) mass is 528 g/mol. The van der Waals surface area contributed by atoms with E-state index >= 15 is 0 Å². The number of hydrogen-bond donors (Lipinski definition) is 1. The molecule has 0 saturated carbocycles. The molecule has 2 amide bonds. The van der Waals surface area contributed by atoms with Gasteiger partial charge in [-0.2, -0.15) is 0 Å².